The molecule has 3 nitrogen and oxygen atoms in total. The Morgan fingerprint density at radius 1 is 1.82 bits per heavy atom. The van der Waals surface area contributed by atoms with Gasteiger partial charge in [-0.3, -0.25) is 10.1 Å². The van der Waals surface area contributed by atoms with E-state index in [1.807, 2.05) is 12.2 Å². The quantitative estimate of drug-likeness (QED) is 0.403. The van der Waals surface area contributed by atoms with Crippen LogP contribution in [0.15, 0.2) is 23.8 Å². The molecule has 0 aliphatic heterocycles. The SMILES string of the molecule is O=[N+]([O-])C1CC=CC=C1CBr. The topological polar surface area (TPSA) is 43.1 Å². The zero-order chi connectivity index (χ0) is 8.27. The maximum Gasteiger partial charge on any atom is 0.238 e. The van der Waals surface area contributed by atoms with Gasteiger partial charge in [-0.25, -0.2) is 0 Å². The van der Waals surface area contributed by atoms with E-state index in [2.05, 4.69) is 15.9 Å². The molecule has 1 aliphatic carbocycles. The third-order valence-corrected chi connectivity index (χ3v) is 2.29. The fourth-order valence-electron chi connectivity index (χ4n) is 1.02. The smallest absolute Gasteiger partial charge is 0.238 e. The van der Waals surface area contributed by atoms with Crippen molar-refractivity contribution in [2.75, 3.05) is 5.33 Å². The Morgan fingerprint density at radius 3 is 3.00 bits per heavy atom. The molecule has 0 N–H and O–H groups in total. The van der Waals surface area contributed by atoms with Crippen LogP contribution < -0.4 is 0 Å². The van der Waals surface area contributed by atoms with Crippen LogP contribution in [0.4, 0.5) is 0 Å². The minimum atomic E-state index is -0.514. The Labute approximate surface area is 73.1 Å². The van der Waals surface area contributed by atoms with Crippen LogP contribution in [0.1, 0.15) is 6.42 Å². The first-order valence-electron chi connectivity index (χ1n) is 3.30. The van der Waals surface area contributed by atoms with Gasteiger partial charge in [-0.05, 0) is 0 Å². The summed E-state index contributed by atoms with van der Waals surface area (Å²) < 4.78 is 0. The molecule has 1 unspecified atom stereocenters. The number of hydrogen-bond donors (Lipinski definition) is 0. The predicted octanol–water partition coefficient (Wildman–Crippen LogP) is 1.91. The van der Waals surface area contributed by atoms with Crippen molar-refractivity contribution in [1.82, 2.24) is 0 Å². The van der Waals surface area contributed by atoms with E-state index in [4.69, 9.17) is 0 Å². The fraction of sp³-hybridized carbons (Fsp3) is 0.429. The van der Waals surface area contributed by atoms with E-state index in [0.29, 0.717) is 11.8 Å². The maximum absolute atomic E-state index is 10.4. The van der Waals surface area contributed by atoms with E-state index in [-0.39, 0.29) is 4.92 Å². The van der Waals surface area contributed by atoms with Crippen molar-refractivity contribution in [3.8, 4) is 0 Å². The Bertz CT molecular complexity index is 222. The molecule has 0 spiro atoms. The minimum absolute atomic E-state index is 0.239. The summed E-state index contributed by atoms with van der Waals surface area (Å²) in [5.74, 6) is 0. The highest BCUT2D eigenvalue weighted by Crippen LogP contribution is 2.17. The summed E-state index contributed by atoms with van der Waals surface area (Å²) in [6.45, 7) is 0. The van der Waals surface area contributed by atoms with Crippen LogP contribution in [0.3, 0.4) is 0 Å². The first-order chi connectivity index (χ1) is 5.25. The summed E-state index contributed by atoms with van der Waals surface area (Å²) in [5, 5.41) is 11.0. The molecule has 0 heterocycles. The van der Waals surface area contributed by atoms with Crippen molar-refractivity contribution in [2.24, 2.45) is 0 Å². The zero-order valence-corrected chi connectivity index (χ0v) is 7.45. The minimum Gasteiger partial charge on any atom is -0.264 e. The second-order valence-corrected chi connectivity index (χ2v) is 2.90. The van der Waals surface area contributed by atoms with Crippen molar-refractivity contribution in [2.45, 2.75) is 12.5 Å². The summed E-state index contributed by atoms with van der Waals surface area (Å²) >= 11 is 3.21. The zero-order valence-electron chi connectivity index (χ0n) is 5.87. The van der Waals surface area contributed by atoms with E-state index < -0.39 is 6.04 Å². The lowest BCUT2D eigenvalue weighted by Gasteiger charge is -2.11. The average Bonchev–Trinajstić information content (AvgIpc) is 2.04. The molecule has 0 bridgehead atoms. The van der Waals surface area contributed by atoms with Crippen LogP contribution in [0.25, 0.3) is 0 Å². The summed E-state index contributed by atoms with van der Waals surface area (Å²) in [6.07, 6.45) is 5.99. The van der Waals surface area contributed by atoms with Crippen LogP contribution >= 0.6 is 15.9 Å². The van der Waals surface area contributed by atoms with Gasteiger partial charge in [-0.1, -0.05) is 34.2 Å². The van der Waals surface area contributed by atoms with Crippen LogP contribution in [-0.2, 0) is 0 Å². The van der Waals surface area contributed by atoms with Gasteiger partial charge in [0, 0.05) is 22.2 Å². The van der Waals surface area contributed by atoms with Crippen molar-refractivity contribution < 1.29 is 4.92 Å². The Hall–Kier alpha value is -0.640. The van der Waals surface area contributed by atoms with Gasteiger partial charge >= 0.3 is 0 Å². The van der Waals surface area contributed by atoms with Crippen molar-refractivity contribution >= 4 is 15.9 Å². The molecule has 0 aromatic heterocycles. The van der Waals surface area contributed by atoms with Crippen LogP contribution in [0.5, 0.6) is 0 Å². The number of nitrogens with zero attached hydrogens (tertiary/aromatic N) is 1. The van der Waals surface area contributed by atoms with Gasteiger partial charge < -0.3 is 0 Å². The molecule has 0 amide bonds. The van der Waals surface area contributed by atoms with Crippen molar-refractivity contribution in [1.29, 1.82) is 0 Å². The molecule has 11 heavy (non-hydrogen) atoms. The molecule has 1 atom stereocenters. The van der Waals surface area contributed by atoms with Gasteiger partial charge in [0.25, 0.3) is 0 Å². The van der Waals surface area contributed by atoms with Gasteiger partial charge in [0.05, 0.1) is 0 Å². The Balaban J connectivity index is 2.75. The largest absolute Gasteiger partial charge is 0.264 e. The molecule has 0 saturated heterocycles. The Morgan fingerprint density at radius 2 is 2.55 bits per heavy atom. The normalized spacial score (nSPS) is 23.0. The molecular formula is C7H8BrNO2. The molecule has 1 rings (SSSR count). The lowest BCUT2D eigenvalue weighted by Crippen LogP contribution is -2.23. The van der Waals surface area contributed by atoms with Gasteiger partial charge in [0.15, 0.2) is 0 Å². The van der Waals surface area contributed by atoms with E-state index in [1.54, 1.807) is 6.08 Å². The first kappa shape index (κ1) is 8.46. The number of rotatable bonds is 2. The van der Waals surface area contributed by atoms with Gasteiger partial charge in [-0.2, -0.15) is 0 Å². The van der Waals surface area contributed by atoms with Crippen LogP contribution in [0.2, 0.25) is 0 Å². The van der Waals surface area contributed by atoms with E-state index in [1.165, 1.54) is 0 Å². The van der Waals surface area contributed by atoms with Gasteiger partial charge in [0.2, 0.25) is 6.04 Å². The summed E-state index contributed by atoms with van der Waals surface area (Å²) in [7, 11) is 0. The number of halogens is 1. The second-order valence-electron chi connectivity index (χ2n) is 2.34. The lowest BCUT2D eigenvalue weighted by atomic mass is 10.0. The highest BCUT2D eigenvalue weighted by molar-refractivity contribution is 9.09. The average molecular weight is 218 g/mol. The van der Waals surface area contributed by atoms with E-state index in [0.717, 1.165) is 5.57 Å². The summed E-state index contributed by atoms with van der Waals surface area (Å²) in [5.41, 5.74) is 0.845. The molecule has 0 fully saturated rings. The molecule has 0 aromatic carbocycles. The Kier molecular flexibility index (Phi) is 2.82. The third kappa shape index (κ3) is 1.89. The highest BCUT2D eigenvalue weighted by Gasteiger charge is 2.24. The van der Waals surface area contributed by atoms with E-state index in [9.17, 15) is 10.1 Å². The molecule has 60 valence electrons. The van der Waals surface area contributed by atoms with E-state index >= 15 is 0 Å². The monoisotopic (exact) mass is 217 g/mol. The fourth-order valence-corrected chi connectivity index (χ4v) is 1.58. The molecule has 0 saturated carbocycles. The number of nitro groups is 1. The first-order valence-corrected chi connectivity index (χ1v) is 4.43. The summed E-state index contributed by atoms with van der Waals surface area (Å²) in [6, 6.07) is -0.514. The van der Waals surface area contributed by atoms with Gasteiger partial charge in [-0.15, -0.1) is 0 Å². The third-order valence-electron chi connectivity index (χ3n) is 1.64. The lowest BCUT2D eigenvalue weighted by molar-refractivity contribution is -0.511. The predicted molar refractivity (Wildman–Crippen MR) is 46.4 cm³/mol. The molecule has 0 radical (unpaired) electrons. The second kappa shape index (κ2) is 3.67. The number of allylic oxidation sites excluding steroid dienone is 2. The van der Waals surface area contributed by atoms with Crippen molar-refractivity contribution in [3.05, 3.63) is 33.9 Å². The maximum atomic E-state index is 10.4. The number of alkyl halides is 1. The van der Waals surface area contributed by atoms with Crippen LogP contribution in [0, 0.1) is 10.1 Å². The molecule has 0 aromatic rings. The number of hydrogen-bond acceptors (Lipinski definition) is 2. The highest BCUT2D eigenvalue weighted by atomic mass is 79.9. The molecule has 4 heteroatoms. The van der Waals surface area contributed by atoms with Gasteiger partial charge in [0.1, 0.15) is 0 Å². The standard InChI is InChI=1S/C7H8BrNO2/c8-5-6-3-1-2-4-7(6)9(10)11/h1-3,7H,4-5H2. The molecule has 1 aliphatic rings. The van der Waals surface area contributed by atoms with Crippen molar-refractivity contribution in [3.63, 3.8) is 0 Å². The summed E-state index contributed by atoms with van der Waals surface area (Å²) in [4.78, 5) is 10.2. The molecular weight excluding hydrogens is 210 g/mol. The van der Waals surface area contributed by atoms with Crippen LogP contribution in [-0.4, -0.2) is 16.3 Å².